The van der Waals surface area contributed by atoms with Gasteiger partial charge in [-0.3, -0.25) is 4.90 Å². The van der Waals surface area contributed by atoms with Gasteiger partial charge in [-0.05, 0) is 36.5 Å². The van der Waals surface area contributed by atoms with Gasteiger partial charge in [0.1, 0.15) is 5.75 Å². The van der Waals surface area contributed by atoms with Crippen LogP contribution in [0, 0.1) is 0 Å². The Kier molecular flexibility index (Phi) is 4.39. The van der Waals surface area contributed by atoms with E-state index in [2.05, 4.69) is 41.8 Å². The molecule has 1 heterocycles. The molecule has 1 aromatic carbocycles. The third-order valence-electron chi connectivity index (χ3n) is 5.12. The predicted octanol–water partition coefficient (Wildman–Crippen LogP) is 3.49. The fraction of sp³-hybridized carbons (Fsp3) is 0.667. The minimum atomic E-state index is 0.545. The molecule has 0 unspecified atom stereocenters. The molecular weight excluding hydrogens is 260 g/mol. The van der Waals surface area contributed by atoms with Gasteiger partial charge in [0.25, 0.3) is 0 Å². The first-order chi connectivity index (χ1) is 10.2. The summed E-state index contributed by atoms with van der Waals surface area (Å²) in [7, 11) is 1.79. The number of methoxy groups -OCH3 is 1. The summed E-state index contributed by atoms with van der Waals surface area (Å²) < 4.78 is 5.64. The lowest BCUT2D eigenvalue weighted by Gasteiger charge is -2.43. The molecule has 2 aliphatic rings. The molecule has 0 bridgehead atoms. The molecule has 1 saturated heterocycles. The lowest BCUT2D eigenvalue weighted by atomic mass is 9.91. The van der Waals surface area contributed by atoms with E-state index in [1.807, 2.05) is 0 Å². The van der Waals surface area contributed by atoms with Gasteiger partial charge < -0.3 is 9.64 Å². The Morgan fingerprint density at radius 3 is 2.33 bits per heavy atom. The molecule has 3 rings (SSSR count). The van der Waals surface area contributed by atoms with E-state index in [0.717, 1.165) is 24.9 Å². The second kappa shape index (κ2) is 6.27. The van der Waals surface area contributed by atoms with Crippen LogP contribution in [-0.4, -0.2) is 44.2 Å². The third kappa shape index (κ3) is 3.03. The standard InChI is InChI=1S/C18H28N2O/c1-14(2)15-7-8-17(18(13-15)21-3)20-11-9-19(10-12-20)16-5-4-6-16/h7-8,13-14,16H,4-6,9-12H2,1-3H3. The number of ether oxygens (including phenoxy) is 1. The van der Waals surface area contributed by atoms with Crippen molar-refractivity contribution in [1.29, 1.82) is 0 Å². The Morgan fingerprint density at radius 1 is 1.10 bits per heavy atom. The lowest BCUT2D eigenvalue weighted by molar-refractivity contribution is 0.120. The van der Waals surface area contributed by atoms with Crippen molar-refractivity contribution in [3.05, 3.63) is 23.8 Å². The van der Waals surface area contributed by atoms with Gasteiger partial charge in [0.15, 0.2) is 0 Å². The molecule has 0 spiro atoms. The number of rotatable bonds is 4. The van der Waals surface area contributed by atoms with Gasteiger partial charge in [-0.1, -0.05) is 26.3 Å². The summed E-state index contributed by atoms with van der Waals surface area (Å²) in [5.74, 6) is 1.57. The largest absolute Gasteiger partial charge is 0.495 e. The summed E-state index contributed by atoms with van der Waals surface area (Å²) in [6.45, 7) is 9.08. The lowest BCUT2D eigenvalue weighted by Crippen LogP contribution is -2.52. The summed E-state index contributed by atoms with van der Waals surface area (Å²) >= 11 is 0. The van der Waals surface area contributed by atoms with Crippen LogP contribution in [0.15, 0.2) is 18.2 Å². The van der Waals surface area contributed by atoms with Crippen LogP contribution in [0.4, 0.5) is 5.69 Å². The Morgan fingerprint density at radius 2 is 1.81 bits per heavy atom. The van der Waals surface area contributed by atoms with Crippen molar-refractivity contribution in [2.75, 3.05) is 38.2 Å². The minimum Gasteiger partial charge on any atom is -0.495 e. The van der Waals surface area contributed by atoms with Crippen molar-refractivity contribution in [2.45, 2.75) is 45.1 Å². The number of piperazine rings is 1. The molecule has 0 aromatic heterocycles. The van der Waals surface area contributed by atoms with E-state index in [0.29, 0.717) is 5.92 Å². The van der Waals surface area contributed by atoms with Crippen molar-refractivity contribution in [1.82, 2.24) is 4.90 Å². The maximum Gasteiger partial charge on any atom is 0.142 e. The Labute approximate surface area is 128 Å². The van der Waals surface area contributed by atoms with Crippen molar-refractivity contribution < 1.29 is 4.74 Å². The summed E-state index contributed by atoms with van der Waals surface area (Å²) in [6, 6.07) is 7.57. The molecule has 1 aliphatic carbocycles. The SMILES string of the molecule is COc1cc(C(C)C)ccc1N1CCN(C2CCC2)CC1. The molecule has 3 heteroatoms. The van der Waals surface area contributed by atoms with Crippen LogP contribution in [0.25, 0.3) is 0 Å². The van der Waals surface area contributed by atoms with Gasteiger partial charge in [-0.15, -0.1) is 0 Å². The fourth-order valence-corrected chi connectivity index (χ4v) is 3.39. The average Bonchev–Trinajstić information content (AvgIpc) is 2.45. The number of nitrogens with zero attached hydrogens (tertiary/aromatic N) is 2. The first-order valence-electron chi connectivity index (χ1n) is 8.36. The van der Waals surface area contributed by atoms with E-state index in [4.69, 9.17) is 4.74 Å². The van der Waals surface area contributed by atoms with E-state index < -0.39 is 0 Å². The zero-order valence-electron chi connectivity index (χ0n) is 13.6. The van der Waals surface area contributed by atoms with Crippen LogP contribution >= 0.6 is 0 Å². The minimum absolute atomic E-state index is 0.545. The van der Waals surface area contributed by atoms with Crippen LogP contribution < -0.4 is 9.64 Å². The van der Waals surface area contributed by atoms with E-state index in [1.165, 1.54) is 43.6 Å². The van der Waals surface area contributed by atoms with Crippen LogP contribution in [0.3, 0.4) is 0 Å². The average molecular weight is 288 g/mol. The van der Waals surface area contributed by atoms with Gasteiger partial charge in [0, 0.05) is 32.2 Å². The van der Waals surface area contributed by atoms with Crippen molar-refractivity contribution >= 4 is 5.69 Å². The van der Waals surface area contributed by atoms with Gasteiger partial charge in [0.05, 0.1) is 12.8 Å². The Balaban J connectivity index is 1.69. The molecule has 1 saturated carbocycles. The molecular formula is C18H28N2O. The Hall–Kier alpha value is -1.22. The molecule has 116 valence electrons. The third-order valence-corrected chi connectivity index (χ3v) is 5.12. The maximum atomic E-state index is 5.64. The molecule has 3 nitrogen and oxygen atoms in total. The number of benzene rings is 1. The highest BCUT2D eigenvalue weighted by Gasteiger charge is 2.28. The van der Waals surface area contributed by atoms with Crippen molar-refractivity contribution in [3.8, 4) is 5.75 Å². The molecule has 21 heavy (non-hydrogen) atoms. The highest BCUT2D eigenvalue weighted by atomic mass is 16.5. The monoisotopic (exact) mass is 288 g/mol. The van der Waals surface area contributed by atoms with Crippen LogP contribution in [0.5, 0.6) is 5.75 Å². The van der Waals surface area contributed by atoms with Crippen molar-refractivity contribution in [3.63, 3.8) is 0 Å². The molecule has 2 fully saturated rings. The molecule has 0 radical (unpaired) electrons. The van der Waals surface area contributed by atoms with Gasteiger partial charge >= 0.3 is 0 Å². The number of hydrogen-bond donors (Lipinski definition) is 0. The molecule has 1 aromatic rings. The molecule has 0 amide bonds. The highest BCUT2D eigenvalue weighted by Crippen LogP contribution is 2.33. The molecule has 0 N–H and O–H groups in total. The smallest absolute Gasteiger partial charge is 0.142 e. The second-order valence-electron chi connectivity index (χ2n) is 6.69. The zero-order chi connectivity index (χ0) is 14.8. The highest BCUT2D eigenvalue weighted by molar-refractivity contribution is 5.60. The quantitative estimate of drug-likeness (QED) is 0.843. The first kappa shape index (κ1) is 14.7. The zero-order valence-corrected chi connectivity index (χ0v) is 13.6. The predicted molar refractivity (Wildman–Crippen MR) is 88.5 cm³/mol. The fourth-order valence-electron chi connectivity index (χ4n) is 3.39. The van der Waals surface area contributed by atoms with Crippen LogP contribution in [0.1, 0.15) is 44.6 Å². The number of anilines is 1. The Bertz CT molecular complexity index is 474. The second-order valence-corrected chi connectivity index (χ2v) is 6.69. The summed E-state index contributed by atoms with van der Waals surface area (Å²) in [5, 5.41) is 0. The molecule has 0 atom stereocenters. The van der Waals surface area contributed by atoms with Gasteiger partial charge in [-0.25, -0.2) is 0 Å². The number of hydrogen-bond acceptors (Lipinski definition) is 3. The van der Waals surface area contributed by atoms with E-state index in [1.54, 1.807) is 7.11 Å². The summed E-state index contributed by atoms with van der Waals surface area (Å²) in [5.41, 5.74) is 2.61. The van der Waals surface area contributed by atoms with Crippen LogP contribution in [-0.2, 0) is 0 Å². The first-order valence-corrected chi connectivity index (χ1v) is 8.36. The normalized spacial score (nSPS) is 20.7. The van der Waals surface area contributed by atoms with Gasteiger partial charge in [0.2, 0.25) is 0 Å². The topological polar surface area (TPSA) is 15.7 Å². The van der Waals surface area contributed by atoms with Crippen molar-refractivity contribution in [2.24, 2.45) is 0 Å². The molecule has 1 aliphatic heterocycles. The van der Waals surface area contributed by atoms with Crippen LogP contribution in [0.2, 0.25) is 0 Å². The summed E-state index contributed by atoms with van der Waals surface area (Å²) in [4.78, 5) is 5.16. The maximum absolute atomic E-state index is 5.64. The van der Waals surface area contributed by atoms with E-state index >= 15 is 0 Å². The summed E-state index contributed by atoms with van der Waals surface area (Å²) in [6.07, 6.45) is 4.24. The van der Waals surface area contributed by atoms with E-state index in [-0.39, 0.29) is 0 Å². The van der Waals surface area contributed by atoms with Gasteiger partial charge in [-0.2, -0.15) is 0 Å². The van der Waals surface area contributed by atoms with E-state index in [9.17, 15) is 0 Å².